The molecule has 1 heterocycles. The van der Waals surface area contributed by atoms with Crippen molar-refractivity contribution in [2.45, 2.75) is 52.6 Å². The molecule has 28 heavy (non-hydrogen) atoms. The van der Waals surface area contributed by atoms with Crippen LogP contribution in [0.25, 0.3) is 0 Å². The maximum absolute atomic E-state index is 13.0. The number of likely N-dealkylation sites (tertiary alicyclic amines) is 1. The van der Waals surface area contributed by atoms with E-state index in [0.717, 1.165) is 44.5 Å². The Morgan fingerprint density at radius 3 is 2.39 bits per heavy atom. The molecule has 3 nitrogen and oxygen atoms in total. The second-order valence-electron chi connectivity index (χ2n) is 7.99. The first kappa shape index (κ1) is 20.5. The zero-order valence-electron chi connectivity index (χ0n) is 17.2. The molecule has 1 fully saturated rings. The topological polar surface area (TPSA) is 32.3 Å². The van der Waals surface area contributed by atoms with Gasteiger partial charge in [0.2, 0.25) is 5.91 Å². The minimum Gasteiger partial charge on any atom is -0.349 e. The molecule has 150 valence electrons. The maximum Gasteiger partial charge on any atom is 0.223 e. The fourth-order valence-corrected chi connectivity index (χ4v) is 3.89. The summed E-state index contributed by atoms with van der Waals surface area (Å²) in [5.74, 6) is 0.0463. The van der Waals surface area contributed by atoms with Gasteiger partial charge in [0, 0.05) is 12.5 Å². The third kappa shape index (κ3) is 5.20. The summed E-state index contributed by atoms with van der Waals surface area (Å²) in [5, 5.41) is 3.27. The lowest BCUT2D eigenvalue weighted by Crippen LogP contribution is -2.41. The highest BCUT2D eigenvalue weighted by Crippen LogP contribution is 2.23. The van der Waals surface area contributed by atoms with E-state index < -0.39 is 0 Å². The minimum absolute atomic E-state index is 0.0732. The summed E-state index contributed by atoms with van der Waals surface area (Å²) in [6.07, 6.45) is 2.63. The van der Waals surface area contributed by atoms with Crippen molar-refractivity contribution in [2.24, 2.45) is 5.92 Å². The molecule has 1 atom stereocenters. The predicted molar refractivity (Wildman–Crippen MR) is 111 cm³/mol. The third-order valence-corrected chi connectivity index (χ3v) is 5.94. The Balaban J connectivity index is 1.52. The van der Waals surface area contributed by atoms with Gasteiger partial charge < -0.3 is 5.32 Å². The van der Waals surface area contributed by atoms with Crippen LogP contribution < -0.4 is 5.32 Å². The van der Waals surface area contributed by atoms with Crippen molar-refractivity contribution >= 4 is 5.91 Å². The van der Waals surface area contributed by atoms with Gasteiger partial charge in [-0.25, -0.2) is 4.39 Å². The quantitative estimate of drug-likeness (QED) is 0.769. The van der Waals surface area contributed by atoms with E-state index in [1.54, 1.807) is 0 Å². The third-order valence-electron chi connectivity index (χ3n) is 5.94. The van der Waals surface area contributed by atoms with Gasteiger partial charge >= 0.3 is 0 Å². The highest BCUT2D eigenvalue weighted by Gasteiger charge is 2.26. The number of hydrogen-bond acceptors (Lipinski definition) is 2. The van der Waals surface area contributed by atoms with Crippen LogP contribution in [0.1, 0.15) is 54.5 Å². The van der Waals surface area contributed by atoms with Crippen molar-refractivity contribution in [3.63, 3.8) is 0 Å². The largest absolute Gasteiger partial charge is 0.349 e. The predicted octanol–water partition coefficient (Wildman–Crippen LogP) is 4.92. The number of amides is 1. The van der Waals surface area contributed by atoms with Gasteiger partial charge in [-0.15, -0.1) is 0 Å². The standard InChI is InChI=1S/C24H31FN2O/c1-4-23(21-8-5-17(2)18(3)15-21)26-24(28)20-11-13-27(14-12-20)16-19-6-9-22(25)10-7-19/h5-10,15,20,23H,4,11-14,16H2,1-3H3,(H,26,28)/t23-/m1/s1. The van der Waals surface area contributed by atoms with Crippen LogP contribution in [-0.4, -0.2) is 23.9 Å². The van der Waals surface area contributed by atoms with Crippen LogP contribution >= 0.6 is 0 Å². The van der Waals surface area contributed by atoms with Gasteiger partial charge in [-0.05, 0) is 80.6 Å². The second kappa shape index (κ2) is 9.33. The Hall–Kier alpha value is -2.20. The average molecular weight is 383 g/mol. The van der Waals surface area contributed by atoms with Gasteiger partial charge in [0.15, 0.2) is 0 Å². The van der Waals surface area contributed by atoms with Gasteiger partial charge in [0.25, 0.3) is 0 Å². The number of halogens is 1. The molecule has 0 aromatic heterocycles. The number of rotatable bonds is 6. The molecule has 1 amide bonds. The van der Waals surface area contributed by atoms with Crippen LogP contribution in [-0.2, 0) is 11.3 Å². The fourth-order valence-electron chi connectivity index (χ4n) is 3.89. The molecule has 0 unspecified atom stereocenters. The first-order valence-corrected chi connectivity index (χ1v) is 10.3. The average Bonchev–Trinajstić information content (AvgIpc) is 2.70. The van der Waals surface area contributed by atoms with E-state index in [1.807, 2.05) is 12.1 Å². The first-order valence-electron chi connectivity index (χ1n) is 10.3. The summed E-state index contributed by atoms with van der Waals surface area (Å²) in [6.45, 7) is 8.95. The molecular weight excluding hydrogens is 351 g/mol. The molecule has 2 aromatic carbocycles. The number of carbonyl (C=O) groups is 1. The van der Waals surface area contributed by atoms with Gasteiger partial charge in [-0.2, -0.15) is 0 Å². The van der Waals surface area contributed by atoms with Crippen LogP contribution in [0.3, 0.4) is 0 Å². The van der Waals surface area contributed by atoms with E-state index in [4.69, 9.17) is 0 Å². The normalized spacial score (nSPS) is 16.7. The van der Waals surface area contributed by atoms with Crippen molar-refractivity contribution in [2.75, 3.05) is 13.1 Å². The van der Waals surface area contributed by atoms with E-state index >= 15 is 0 Å². The van der Waals surface area contributed by atoms with Gasteiger partial charge in [-0.1, -0.05) is 37.3 Å². The van der Waals surface area contributed by atoms with E-state index in [1.165, 1.54) is 28.8 Å². The molecule has 1 aliphatic heterocycles. The lowest BCUT2D eigenvalue weighted by Gasteiger charge is -2.32. The summed E-state index contributed by atoms with van der Waals surface area (Å²) < 4.78 is 13.0. The van der Waals surface area contributed by atoms with E-state index in [-0.39, 0.29) is 23.7 Å². The Bertz CT molecular complexity index is 795. The molecule has 0 radical (unpaired) electrons. The number of nitrogens with one attached hydrogen (secondary N) is 1. The summed E-state index contributed by atoms with van der Waals surface area (Å²) in [6, 6.07) is 13.2. The fraction of sp³-hybridized carbons (Fsp3) is 0.458. The molecule has 1 saturated heterocycles. The van der Waals surface area contributed by atoms with E-state index in [0.29, 0.717) is 0 Å². The Morgan fingerprint density at radius 1 is 1.11 bits per heavy atom. The molecule has 3 rings (SSSR count). The molecule has 0 spiro atoms. The number of hydrogen-bond donors (Lipinski definition) is 1. The Morgan fingerprint density at radius 2 is 1.79 bits per heavy atom. The summed E-state index contributed by atoms with van der Waals surface area (Å²) in [4.78, 5) is 15.2. The SMILES string of the molecule is CC[C@@H](NC(=O)C1CCN(Cc2ccc(F)cc2)CC1)c1ccc(C)c(C)c1. The zero-order chi connectivity index (χ0) is 20.1. The van der Waals surface area contributed by atoms with Crippen LogP contribution in [0.2, 0.25) is 0 Å². The van der Waals surface area contributed by atoms with Crippen molar-refractivity contribution in [1.29, 1.82) is 0 Å². The smallest absolute Gasteiger partial charge is 0.223 e. The Kier molecular flexibility index (Phi) is 6.84. The summed E-state index contributed by atoms with van der Waals surface area (Å²) in [7, 11) is 0. The minimum atomic E-state index is -0.201. The maximum atomic E-state index is 13.0. The molecule has 0 saturated carbocycles. The monoisotopic (exact) mass is 382 g/mol. The number of benzene rings is 2. The number of piperidine rings is 1. The molecule has 0 aliphatic carbocycles. The van der Waals surface area contributed by atoms with Crippen LogP contribution in [0.4, 0.5) is 4.39 Å². The van der Waals surface area contributed by atoms with Crippen LogP contribution in [0.15, 0.2) is 42.5 Å². The Labute approximate surface area is 167 Å². The summed E-state index contributed by atoms with van der Waals surface area (Å²) in [5.41, 5.74) is 4.84. The van der Waals surface area contributed by atoms with Gasteiger partial charge in [-0.3, -0.25) is 9.69 Å². The van der Waals surface area contributed by atoms with Crippen LogP contribution in [0, 0.1) is 25.6 Å². The molecule has 0 bridgehead atoms. The number of nitrogens with zero attached hydrogens (tertiary/aromatic N) is 1. The summed E-state index contributed by atoms with van der Waals surface area (Å²) >= 11 is 0. The van der Waals surface area contributed by atoms with Crippen molar-refractivity contribution in [3.8, 4) is 0 Å². The molecule has 1 aliphatic rings. The van der Waals surface area contributed by atoms with E-state index in [2.05, 4.69) is 49.2 Å². The highest BCUT2D eigenvalue weighted by molar-refractivity contribution is 5.79. The first-order chi connectivity index (χ1) is 13.5. The zero-order valence-corrected chi connectivity index (χ0v) is 17.2. The van der Waals surface area contributed by atoms with Crippen molar-refractivity contribution in [1.82, 2.24) is 10.2 Å². The van der Waals surface area contributed by atoms with Gasteiger partial charge in [0.05, 0.1) is 6.04 Å². The molecular formula is C24H31FN2O. The molecule has 1 N–H and O–H groups in total. The van der Waals surface area contributed by atoms with E-state index in [9.17, 15) is 9.18 Å². The van der Waals surface area contributed by atoms with Crippen molar-refractivity contribution in [3.05, 3.63) is 70.5 Å². The molecule has 2 aromatic rings. The number of aryl methyl sites for hydroxylation is 2. The van der Waals surface area contributed by atoms with Crippen molar-refractivity contribution < 1.29 is 9.18 Å². The second-order valence-corrected chi connectivity index (χ2v) is 7.99. The van der Waals surface area contributed by atoms with Crippen LogP contribution in [0.5, 0.6) is 0 Å². The van der Waals surface area contributed by atoms with Gasteiger partial charge in [0.1, 0.15) is 5.82 Å². The highest BCUT2D eigenvalue weighted by atomic mass is 19.1. The number of carbonyl (C=O) groups excluding carboxylic acids is 1. The molecule has 4 heteroatoms. The lowest BCUT2D eigenvalue weighted by atomic mass is 9.94. The lowest BCUT2D eigenvalue weighted by molar-refractivity contribution is -0.127.